The van der Waals surface area contributed by atoms with Crippen LogP contribution in [0.2, 0.25) is 0 Å². The van der Waals surface area contributed by atoms with E-state index in [0.29, 0.717) is 18.7 Å². The van der Waals surface area contributed by atoms with Crippen LogP contribution in [0.4, 0.5) is 18.0 Å². The highest BCUT2D eigenvalue weighted by Gasteiger charge is 2.41. The van der Waals surface area contributed by atoms with Crippen LogP contribution in [0.3, 0.4) is 0 Å². The van der Waals surface area contributed by atoms with E-state index in [1.807, 2.05) is 17.4 Å². The maximum atomic E-state index is 13.0. The van der Waals surface area contributed by atoms with E-state index in [1.54, 1.807) is 37.3 Å². The molecule has 0 spiro atoms. The van der Waals surface area contributed by atoms with Gasteiger partial charge >= 0.3 is 12.2 Å². The van der Waals surface area contributed by atoms with Crippen LogP contribution in [0.1, 0.15) is 38.8 Å². The maximum Gasteiger partial charge on any atom is 0.406 e. The van der Waals surface area contributed by atoms with Crippen LogP contribution in [0.25, 0.3) is 16.8 Å². The summed E-state index contributed by atoms with van der Waals surface area (Å²) in [7, 11) is 0. The number of aromatic amines is 1. The average Bonchev–Trinajstić information content (AvgIpc) is 3.39. The standard InChI is InChI=1S/C20H25F3N6O/c1-4-13-9-27(19(30)28(12(2)3)11-20(21,22)23)10-14(13)16-7-25-17-8-26-18-15(29(16)17)5-6-24-18/h5-8,12-14,24H,4,9-11H2,1-3H3/t13-,14+/m1/s1. The third-order valence-electron chi connectivity index (χ3n) is 5.90. The van der Waals surface area contributed by atoms with Crippen molar-refractivity contribution in [3.63, 3.8) is 0 Å². The first kappa shape index (κ1) is 20.5. The highest BCUT2D eigenvalue weighted by Crippen LogP contribution is 2.36. The van der Waals surface area contributed by atoms with Crippen LogP contribution in [-0.2, 0) is 0 Å². The molecule has 0 saturated carbocycles. The van der Waals surface area contributed by atoms with Gasteiger partial charge in [-0.2, -0.15) is 13.2 Å². The summed E-state index contributed by atoms with van der Waals surface area (Å²) in [6, 6.07) is 0.813. The van der Waals surface area contributed by atoms with Crippen molar-refractivity contribution in [3.05, 3.63) is 30.4 Å². The molecule has 1 aliphatic rings. The van der Waals surface area contributed by atoms with Gasteiger partial charge in [0.25, 0.3) is 0 Å². The summed E-state index contributed by atoms with van der Waals surface area (Å²) < 4.78 is 41.1. The van der Waals surface area contributed by atoms with Gasteiger partial charge in [0, 0.05) is 43.1 Å². The lowest BCUT2D eigenvalue weighted by molar-refractivity contribution is -0.143. The lowest BCUT2D eigenvalue weighted by Crippen LogP contribution is -2.49. The molecule has 162 valence electrons. The summed E-state index contributed by atoms with van der Waals surface area (Å²) >= 11 is 0. The number of carbonyl (C=O) groups excluding carboxylic acids is 1. The average molecular weight is 422 g/mol. The minimum Gasteiger partial charge on any atom is -0.345 e. The van der Waals surface area contributed by atoms with E-state index < -0.39 is 24.8 Å². The van der Waals surface area contributed by atoms with Crippen molar-refractivity contribution >= 4 is 22.8 Å². The topological polar surface area (TPSA) is 69.5 Å². The first-order valence-electron chi connectivity index (χ1n) is 10.1. The second kappa shape index (κ2) is 7.48. The molecule has 3 aromatic heterocycles. The lowest BCUT2D eigenvalue weighted by atomic mass is 9.91. The number of urea groups is 1. The van der Waals surface area contributed by atoms with E-state index in [1.165, 1.54) is 0 Å². The molecule has 0 aliphatic carbocycles. The molecule has 0 unspecified atom stereocenters. The second-order valence-corrected chi connectivity index (χ2v) is 8.15. The number of fused-ring (bicyclic) bond motifs is 3. The van der Waals surface area contributed by atoms with Gasteiger partial charge in [0.2, 0.25) is 0 Å². The van der Waals surface area contributed by atoms with E-state index >= 15 is 0 Å². The molecule has 4 heterocycles. The Hall–Kier alpha value is -2.78. The third kappa shape index (κ3) is 3.59. The van der Waals surface area contributed by atoms with Gasteiger partial charge in [0.1, 0.15) is 6.54 Å². The summed E-state index contributed by atoms with van der Waals surface area (Å²) in [5, 5.41) is 0. The first-order valence-corrected chi connectivity index (χ1v) is 10.1. The fraction of sp³-hybridized carbons (Fsp3) is 0.550. The number of aromatic nitrogens is 4. The predicted octanol–water partition coefficient (Wildman–Crippen LogP) is 4.03. The number of amides is 2. The van der Waals surface area contributed by atoms with E-state index in [0.717, 1.165) is 28.2 Å². The summed E-state index contributed by atoms with van der Waals surface area (Å²) in [5.74, 6) is 0.116. The maximum absolute atomic E-state index is 13.0. The van der Waals surface area contributed by atoms with Crippen molar-refractivity contribution in [1.82, 2.24) is 29.2 Å². The van der Waals surface area contributed by atoms with Gasteiger partial charge in [-0.25, -0.2) is 14.8 Å². The number of halogens is 3. The van der Waals surface area contributed by atoms with Crippen LogP contribution in [0, 0.1) is 5.92 Å². The summed E-state index contributed by atoms with van der Waals surface area (Å²) in [5.41, 5.74) is 3.28. The van der Waals surface area contributed by atoms with Crippen molar-refractivity contribution in [2.24, 2.45) is 5.92 Å². The molecule has 4 rings (SSSR count). The molecule has 0 bridgehead atoms. The number of carbonyl (C=O) groups is 1. The van der Waals surface area contributed by atoms with Crippen LogP contribution in [0.15, 0.2) is 24.7 Å². The van der Waals surface area contributed by atoms with Gasteiger partial charge in [0.15, 0.2) is 11.3 Å². The lowest BCUT2D eigenvalue weighted by Gasteiger charge is -2.32. The van der Waals surface area contributed by atoms with Gasteiger partial charge in [0.05, 0.1) is 11.7 Å². The second-order valence-electron chi connectivity index (χ2n) is 8.15. The molecule has 3 aromatic rings. The Morgan fingerprint density at radius 2 is 2.07 bits per heavy atom. The molecule has 1 N–H and O–H groups in total. The normalized spacial score (nSPS) is 20.0. The van der Waals surface area contributed by atoms with E-state index in [9.17, 15) is 18.0 Å². The molecular weight excluding hydrogens is 397 g/mol. The van der Waals surface area contributed by atoms with Gasteiger partial charge in [-0.3, -0.25) is 4.40 Å². The number of likely N-dealkylation sites (tertiary alicyclic amines) is 1. The van der Waals surface area contributed by atoms with E-state index in [2.05, 4.69) is 15.0 Å². The molecule has 1 saturated heterocycles. The molecular formula is C20H25F3N6O. The van der Waals surface area contributed by atoms with Crippen molar-refractivity contribution in [3.8, 4) is 0 Å². The Balaban J connectivity index is 1.66. The number of alkyl halides is 3. The Bertz CT molecular complexity index is 1060. The molecule has 30 heavy (non-hydrogen) atoms. The number of hydrogen-bond acceptors (Lipinski definition) is 3. The number of nitrogens with one attached hydrogen (secondary N) is 1. The molecule has 1 fully saturated rings. The SMILES string of the molecule is CC[C@@H]1CN(C(=O)N(CC(F)(F)F)C(C)C)C[C@@H]1c1cnc2cnc3[nH]ccc3n12. The van der Waals surface area contributed by atoms with Crippen LogP contribution in [0.5, 0.6) is 0 Å². The fourth-order valence-corrected chi connectivity index (χ4v) is 4.38. The van der Waals surface area contributed by atoms with E-state index in [-0.39, 0.29) is 11.8 Å². The summed E-state index contributed by atoms with van der Waals surface area (Å²) in [6.07, 6.45) is 1.66. The summed E-state index contributed by atoms with van der Waals surface area (Å²) in [6.45, 7) is 4.80. The van der Waals surface area contributed by atoms with Gasteiger partial charge in [-0.15, -0.1) is 0 Å². The van der Waals surface area contributed by atoms with Gasteiger partial charge in [-0.05, 0) is 25.8 Å². The smallest absolute Gasteiger partial charge is 0.345 e. The summed E-state index contributed by atoms with van der Waals surface area (Å²) in [4.78, 5) is 27.3. The molecule has 2 atom stereocenters. The monoisotopic (exact) mass is 422 g/mol. The highest BCUT2D eigenvalue weighted by molar-refractivity contribution is 5.76. The minimum atomic E-state index is -4.43. The molecule has 10 heteroatoms. The van der Waals surface area contributed by atoms with Crippen LogP contribution in [-0.4, -0.2) is 67.0 Å². The molecule has 1 aliphatic heterocycles. The number of nitrogens with zero attached hydrogens (tertiary/aromatic N) is 5. The fourth-order valence-electron chi connectivity index (χ4n) is 4.38. The van der Waals surface area contributed by atoms with Crippen LogP contribution < -0.4 is 0 Å². The number of H-pyrrole nitrogens is 1. The predicted molar refractivity (Wildman–Crippen MR) is 106 cm³/mol. The van der Waals surface area contributed by atoms with Crippen molar-refractivity contribution in [2.75, 3.05) is 19.6 Å². The first-order chi connectivity index (χ1) is 14.2. The zero-order valence-corrected chi connectivity index (χ0v) is 17.1. The largest absolute Gasteiger partial charge is 0.406 e. The van der Waals surface area contributed by atoms with Crippen LogP contribution >= 0.6 is 0 Å². The Kier molecular flexibility index (Phi) is 5.11. The van der Waals surface area contributed by atoms with Crippen molar-refractivity contribution in [2.45, 2.75) is 45.3 Å². The third-order valence-corrected chi connectivity index (χ3v) is 5.90. The quantitative estimate of drug-likeness (QED) is 0.690. The number of imidazole rings is 1. The van der Waals surface area contributed by atoms with Gasteiger partial charge in [-0.1, -0.05) is 13.3 Å². The van der Waals surface area contributed by atoms with Crippen molar-refractivity contribution < 1.29 is 18.0 Å². The number of rotatable bonds is 4. The Morgan fingerprint density at radius 1 is 1.30 bits per heavy atom. The van der Waals surface area contributed by atoms with E-state index in [4.69, 9.17) is 0 Å². The zero-order chi connectivity index (χ0) is 21.6. The molecule has 7 nitrogen and oxygen atoms in total. The Morgan fingerprint density at radius 3 is 2.73 bits per heavy atom. The number of hydrogen-bond donors (Lipinski definition) is 1. The molecule has 2 amide bonds. The van der Waals surface area contributed by atoms with Crippen molar-refractivity contribution in [1.29, 1.82) is 0 Å². The Labute approximate surface area is 171 Å². The highest BCUT2D eigenvalue weighted by atomic mass is 19.4. The molecule has 0 aromatic carbocycles. The van der Waals surface area contributed by atoms with Gasteiger partial charge < -0.3 is 14.8 Å². The zero-order valence-electron chi connectivity index (χ0n) is 17.1. The minimum absolute atomic E-state index is 0.0191. The molecule has 0 radical (unpaired) electrons.